The Balaban J connectivity index is 2.00. The molecule has 0 radical (unpaired) electrons. The van der Waals surface area contributed by atoms with Crippen LogP contribution in [0.1, 0.15) is 12.0 Å². The van der Waals surface area contributed by atoms with Crippen molar-refractivity contribution in [1.82, 2.24) is 5.48 Å². The summed E-state index contributed by atoms with van der Waals surface area (Å²) in [7, 11) is 0. The largest absolute Gasteiger partial charge is 0.573 e. The van der Waals surface area contributed by atoms with Crippen LogP contribution in [0.2, 0.25) is 0 Å². The summed E-state index contributed by atoms with van der Waals surface area (Å²) in [6.07, 6.45) is -4.00. The van der Waals surface area contributed by atoms with Crippen molar-refractivity contribution in [3.8, 4) is 5.75 Å². The normalized spacial score (nSPS) is 30.1. The lowest BCUT2D eigenvalue weighted by atomic mass is 9.77. The number of nitrogens with one attached hydrogen (secondary N) is 1. The summed E-state index contributed by atoms with van der Waals surface area (Å²) in [4.78, 5) is 5.27. The second-order valence-electron chi connectivity index (χ2n) is 4.97. The van der Waals surface area contributed by atoms with Gasteiger partial charge in [-0.25, -0.2) is 0 Å². The number of hydrogen-bond acceptors (Lipinski definition) is 4. The zero-order valence-corrected chi connectivity index (χ0v) is 10.6. The molecule has 0 bridgehead atoms. The molecule has 2 heterocycles. The van der Waals surface area contributed by atoms with E-state index in [9.17, 15) is 13.2 Å². The molecule has 110 valence electrons. The summed E-state index contributed by atoms with van der Waals surface area (Å²) in [5.41, 5.74) is 2.48. The van der Waals surface area contributed by atoms with Gasteiger partial charge in [-0.3, -0.25) is 0 Å². The molecule has 0 unspecified atom stereocenters. The van der Waals surface area contributed by atoms with Crippen molar-refractivity contribution in [3.63, 3.8) is 0 Å². The minimum atomic E-state index is -4.72. The first-order chi connectivity index (χ1) is 9.51. The lowest BCUT2D eigenvalue weighted by Crippen LogP contribution is -2.49. The van der Waals surface area contributed by atoms with Crippen molar-refractivity contribution in [2.75, 3.05) is 19.8 Å². The molecule has 2 fully saturated rings. The van der Waals surface area contributed by atoms with Crippen LogP contribution in [0.5, 0.6) is 5.75 Å². The lowest BCUT2D eigenvalue weighted by Gasteiger charge is -2.38. The average Bonchev–Trinajstić information content (AvgIpc) is 2.82. The summed E-state index contributed by atoms with van der Waals surface area (Å²) < 4.78 is 47.2. The number of rotatable bonds is 2. The van der Waals surface area contributed by atoms with Gasteiger partial charge in [0.2, 0.25) is 0 Å². The fourth-order valence-electron chi connectivity index (χ4n) is 2.83. The molecule has 2 aliphatic rings. The Bertz CT molecular complexity index is 494. The number of fused-ring (bicyclic) bond motifs is 1. The van der Waals surface area contributed by atoms with E-state index in [0.717, 1.165) is 6.42 Å². The molecule has 1 N–H and O–H groups in total. The molecule has 0 saturated carbocycles. The summed E-state index contributed by atoms with van der Waals surface area (Å²) >= 11 is 0. The number of hydrogen-bond donors (Lipinski definition) is 1. The predicted molar refractivity (Wildman–Crippen MR) is 62.8 cm³/mol. The molecule has 1 aromatic carbocycles. The van der Waals surface area contributed by atoms with Crippen molar-refractivity contribution in [3.05, 3.63) is 29.8 Å². The number of para-hydroxylation sites is 1. The average molecular weight is 289 g/mol. The van der Waals surface area contributed by atoms with Crippen LogP contribution in [-0.2, 0) is 15.1 Å². The first kappa shape index (κ1) is 13.7. The van der Waals surface area contributed by atoms with Gasteiger partial charge in [-0.2, -0.15) is 5.48 Å². The van der Waals surface area contributed by atoms with Crippen molar-refractivity contribution in [2.45, 2.75) is 18.3 Å². The number of halogens is 3. The van der Waals surface area contributed by atoms with E-state index in [2.05, 4.69) is 10.2 Å². The third kappa shape index (κ3) is 2.36. The molecule has 20 heavy (non-hydrogen) atoms. The fourth-order valence-corrected chi connectivity index (χ4v) is 2.83. The van der Waals surface area contributed by atoms with E-state index < -0.39 is 11.9 Å². The molecular formula is C13H14F3NO3. The molecule has 2 saturated heterocycles. The number of ether oxygens (including phenoxy) is 2. The van der Waals surface area contributed by atoms with Gasteiger partial charge < -0.3 is 14.3 Å². The molecule has 0 spiro atoms. The van der Waals surface area contributed by atoms with E-state index in [4.69, 9.17) is 9.57 Å². The Morgan fingerprint density at radius 1 is 1.30 bits per heavy atom. The van der Waals surface area contributed by atoms with Gasteiger partial charge in [0.15, 0.2) is 0 Å². The quantitative estimate of drug-likeness (QED) is 0.907. The highest BCUT2D eigenvalue weighted by atomic mass is 19.4. The van der Waals surface area contributed by atoms with Gasteiger partial charge in [-0.05, 0) is 12.5 Å². The third-order valence-electron chi connectivity index (χ3n) is 3.77. The maximum Gasteiger partial charge on any atom is 0.573 e. The second-order valence-corrected chi connectivity index (χ2v) is 4.97. The topological polar surface area (TPSA) is 39.7 Å². The van der Waals surface area contributed by atoms with Crippen molar-refractivity contribution >= 4 is 0 Å². The maximum atomic E-state index is 12.5. The van der Waals surface area contributed by atoms with Gasteiger partial charge >= 0.3 is 6.36 Å². The van der Waals surface area contributed by atoms with E-state index in [-0.39, 0.29) is 18.3 Å². The van der Waals surface area contributed by atoms with Crippen LogP contribution in [0.3, 0.4) is 0 Å². The van der Waals surface area contributed by atoms with E-state index >= 15 is 0 Å². The predicted octanol–water partition coefficient (Wildman–Crippen LogP) is 2.35. The van der Waals surface area contributed by atoms with Gasteiger partial charge in [0.05, 0.1) is 13.2 Å². The van der Waals surface area contributed by atoms with E-state index in [1.807, 2.05) is 0 Å². The molecule has 2 atom stereocenters. The van der Waals surface area contributed by atoms with Gasteiger partial charge in [-0.15, -0.1) is 13.2 Å². The molecule has 0 aromatic heterocycles. The minimum Gasteiger partial charge on any atom is -0.405 e. The molecule has 1 aromatic rings. The molecule has 2 aliphatic heterocycles. The standard InChI is InChI=1S/C13H14F3NO3/c14-13(15,16)20-11-4-2-1-3-10(11)12-8-18-6-5-9(12)7-19-17-12/h1-4,9,17H,5-8H2/t9-,12-/m0/s1. The number of hydroxylamine groups is 1. The van der Waals surface area contributed by atoms with Gasteiger partial charge in [0.25, 0.3) is 0 Å². The SMILES string of the molecule is FC(F)(F)Oc1ccccc1[C@]12COCC[C@H]1CON2. The smallest absolute Gasteiger partial charge is 0.405 e. The van der Waals surface area contributed by atoms with E-state index in [1.165, 1.54) is 12.1 Å². The van der Waals surface area contributed by atoms with Gasteiger partial charge in [0.1, 0.15) is 11.3 Å². The Labute approximate surface area is 113 Å². The van der Waals surface area contributed by atoms with Crippen LogP contribution in [-0.4, -0.2) is 26.2 Å². The fraction of sp³-hybridized carbons (Fsp3) is 0.538. The Morgan fingerprint density at radius 2 is 2.10 bits per heavy atom. The Hall–Kier alpha value is -1.31. The Morgan fingerprint density at radius 3 is 2.90 bits per heavy atom. The zero-order chi connectivity index (χ0) is 14.2. The first-order valence-corrected chi connectivity index (χ1v) is 6.33. The summed E-state index contributed by atoms with van der Waals surface area (Å²) in [5, 5.41) is 0. The van der Waals surface area contributed by atoms with Crippen LogP contribution >= 0.6 is 0 Å². The van der Waals surface area contributed by atoms with Crippen LogP contribution in [0.15, 0.2) is 24.3 Å². The highest BCUT2D eigenvalue weighted by Gasteiger charge is 2.50. The number of benzene rings is 1. The lowest BCUT2D eigenvalue weighted by molar-refractivity contribution is -0.275. The van der Waals surface area contributed by atoms with Crippen molar-refractivity contribution < 1.29 is 27.5 Å². The molecular weight excluding hydrogens is 275 g/mol. The summed E-state index contributed by atoms with van der Waals surface area (Å²) in [5.74, 6) is -0.150. The van der Waals surface area contributed by atoms with E-state index in [0.29, 0.717) is 18.8 Å². The summed E-state index contributed by atoms with van der Waals surface area (Å²) in [6.45, 7) is 1.29. The Kier molecular flexibility index (Phi) is 3.35. The highest BCUT2D eigenvalue weighted by molar-refractivity contribution is 5.41. The number of alkyl halides is 3. The summed E-state index contributed by atoms with van der Waals surface area (Å²) in [6, 6.07) is 6.11. The van der Waals surface area contributed by atoms with Crippen LogP contribution in [0.4, 0.5) is 13.2 Å². The van der Waals surface area contributed by atoms with Crippen molar-refractivity contribution in [1.29, 1.82) is 0 Å². The van der Waals surface area contributed by atoms with Crippen LogP contribution in [0, 0.1) is 5.92 Å². The third-order valence-corrected chi connectivity index (χ3v) is 3.77. The molecule has 0 amide bonds. The molecule has 4 nitrogen and oxygen atoms in total. The van der Waals surface area contributed by atoms with Gasteiger partial charge in [-0.1, -0.05) is 18.2 Å². The monoisotopic (exact) mass is 289 g/mol. The van der Waals surface area contributed by atoms with Crippen molar-refractivity contribution in [2.24, 2.45) is 5.92 Å². The minimum absolute atomic E-state index is 0.0641. The van der Waals surface area contributed by atoms with E-state index in [1.54, 1.807) is 12.1 Å². The first-order valence-electron chi connectivity index (χ1n) is 6.33. The molecule has 3 rings (SSSR count). The molecule has 7 heteroatoms. The van der Waals surface area contributed by atoms with Crippen LogP contribution < -0.4 is 10.2 Å². The second kappa shape index (κ2) is 4.91. The maximum absolute atomic E-state index is 12.5. The zero-order valence-electron chi connectivity index (χ0n) is 10.6. The van der Waals surface area contributed by atoms with Crippen LogP contribution in [0.25, 0.3) is 0 Å². The molecule has 0 aliphatic carbocycles. The van der Waals surface area contributed by atoms with Gasteiger partial charge in [0, 0.05) is 18.1 Å². The highest BCUT2D eigenvalue weighted by Crippen LogP contribution is 2.44.